The van der Waals surface area contributed by atoms with Gasteiger partial charge in [0.1, 0.15) is 10.3 Å². The summed E-state index contributed by atoms with van der Waals surface area (Å²) in [7, 11) is 0.922. The van der Waals surface area contributed by atoms with E-state index < -0.39 is 28.3 Å². The van der Waals surface area contributed by atoms with Crippen molar-refractivity contribution in [3.63, 3.8) is 0 Å². The zero-order valence-corrected chi connectivity index (χ0v) is 12.3. The number of thiol groups is 1. The number of rotatable bonds is 1. The van der Waals surface area contributed by atoms with Crippen LogP contribution in [0.4, 0.5) is 13.6 Å². The monoisotopic (exact) mass is 297 g/mol. The van der Waals surface area contributed by atoms with Crippen LogP contribution in [0.3, 0.4) is 0 Å². The van der Waals surface area contributed by atoms with E-state index >= 15 is 0 Å². The van der Waals surface area contributed by atoms with Crippen LogP contribution in [0.25, 0.3) is 0 Å². The molecular formula is C11H17F2NO2S2. The summed E-state index contributed by atoms with van der Waals surface area (Å²) >= 11 is 3.96. The predicted octanol–water partition coefficient (Wildman–Crippen LogP) is 3.21. The molecule has 0 aromatic rings. The van der Waals surface area contributed by atoms with Gasteiger partial charge < -0.3 is 9.64 Å². The summed E-state index contributed by atoms with van der Waals surface area (Å²) in [6.45, 7) is 5.63. The summed E-state index contributed by atoms with van der Waals surface area (Å²) in [5.41, 5.74) is -0.601. The first-order chi connectivity index (χ1) is 8.14. The minimum atomic E-state index is -2.73. The van der Waals surface area contributed by atoms with Crippen molar-refractivity contribution < 1.29 is 18.3 Å². The number of alkyl halides is 2. The summed E-state index contributed by atoms with van der Waals surface area (Å²) in [5.74, 6) is -3.52. The molecule has 18 heavy (non-hydrogen) atoms. The lowest BCUT2D eigenvalue weighted by molar-refractivity contribution is 0.0202. The third-order valence-electron chi connectivity index (χ3n) is 3.45. The smallest absolute Gasteiger partial charge is 0.410 e. The lowest BCUT2D eigenvalue weighted by Gasteiger charge is -2.31. The molecule has 2 fully saturated rings. The Morgan fingerprint density at radius 2 is 2.11 bits per heavy atom. The van der Waals surface area contributed by atoms with Gasteiger partial charge in [0, 0.05) is 13.1 Å². The molecule has 2 unspecified atom stereocenters. The van der Waals surface area contributed by atoms with Gasteiger partial charge in [0.05, 0.1) is 5.92 Å². The molecule has 2 atom stereocenters. The molecular weight excluding hydrogens is 280 g/mol. The van der Waals surface area contributed by atoms with E-state index in [0.29, 0.717) is 6.54 Å². The summed E-state index contributed by atoms with van der Waals surface area (Å²) in [6.07, 6.45) is -0.249. The maximum Gasteiger partial charge on any atom is 0.410 e. The zero-order chi connectivity index (χ0) is 13.8. The van der Waals surface area contributed by atoms with Crippen molar-refractivity contribution in [1.29, 1.82) is 0 Å². The fourth-order valence-corrected chi connectivity index (χ4v) is 4.14. The second-order valence-corrected chi connectivity index (χ2v) is 7.29. The number of carbonyl (C=O) groups is 1. The van der Waals surface area contributed by atoms with Crippen LogP contribution in [0, 0.1) is 5.92 Å². The van der Waals surface area contributed by atoms with Crippen molar-refractivity contribution in [1.82, 2.24) is 4.90 Å². The molecule has 3 nitrogen and oxygen atoms in total. The normalized spacial score (nSPS) is 33.9. The largest absolute Gasteiger partial charge is 0.444 e. The highest BCUT2D eigenvalue weighted by atomic mass is 33.1. The first-order valence-electron chi connectivity index (χ1n) is 5.82. The van der Waals surface area contributed by atoms with Crippen LogP contribution >= 0.6 is 22.5 Å². The first kappa shape index (κ1) is 14.2. The first-order valence-corrected chi connectivity index (χ1v) is 7.69. The van der Waals surface area contributed by atoms with E-state index in [4.69, 9.17) is 4.74 Å². The molecule has 7 heteroatoms. The van der Waals surface area contributed by atoms with Gasteiger partial charge in [-0.25, -0.2) is 13.6 Å². The second kappa shape index (κ2) is 4.16. The molecule has 1 saturated heterocycles. The highest BCUT2D eigenvalue weighted by Crippen LogP contribution is 2.70. The van der Waals surface area contributed by atoms with Gasteiger partial charge in [-0.1, -0.05) is 10.8 Å². The summed E-state index contributed by atoms with van der Waals surface area (Å²) in [6, 6.07) is 0. The lowest BCUT2D eigenvalue weighted by atomic mass is 10.1. The van der Waals surface area contributed by atoms with Gasteiger partial charge in [0.15, 0.2) is 0 Å². The highest BCUT2D eigenvalue weighted by molar-refractivity contribution is 8.69. The Hall–Kier alpha value is -0.170. The number of fused-ring (bicyclic) bond motifs is 1. The van der Waals surface area contributed by atoms with E-state index in [1.165, 1.54) is 4.90 Å². The van der Waals surface area contributed by atoms with E-state index in [0.717, 1.165) is 10.8 Å². The Balaban J connectivity index is 2.00. The Morgan fingerprint density at radius 1 is 1.50 bits per heavy atom. The van der Waals surface area contributed by atoms with Crippen LogP contribution in [0.2, 0.25) is 0 Å². The van der Waals surface area contributed by atoms with Crippen LogP contribution < -0.4 is 0 Å². The molecule has 1 saturated carbocycles. The molecule has 0 spiro atoms. The van der Waals surface area contributed by atoms with Crippen molar-refractivity contribution in [2.45, 2.75) is 43.5 Å². The molecule has 0 N–H and O–H groups in total. The van der Waals surface area contributed by atoms with Crippen LogP contribution in [0.5, 0.6) is 0 Å². The summed E-state index contributed by atoms with van der Waals surface area (Å²) in [5, 5.41) is 0. The molecule has 104 valence electrons. The number of piperidine rings is 1. The van der Waals surface area contributed by atoms with E-state index in [1.807, 2.05) is 0 Å². The summed E-state index contributed by atoms with van der Waals surface area (Å²) in [4.78, 5) is 13.2. The van der Waals surface area contributed by atoms with Crippen LogP contribution in [-0.4, -0.2) is 40.4 Å². The molecule has 0 radical (unpaired) electrons. The molecule has 1 aliphatic heterocycles. The van der Waals surface area contributed by atoms with Gasteiger partial charge in [-0.05, 0) is 27.2 Å². The van der Waals surface area contributed by atoms with Crippen molar-refractivity contribution in [2.24, 2.45) is 5.92 Å². The Bertz CT molecular complexity index is 373. The van der Waals surface area contributed by atoms with Gasteiger partial charge in [-0.15, -0.1) is 11.7 Å². The predicted molar refractivity (Wildman–Crippen MR) is 70.2 cm³/mol. The standard InChI is InChI=1S/C11H17F2NO2S2/c1-9(2,3)16-8(15)14-5-4-10(18-17)7(6-14)11(10,12)13/h7,17H,4-6H2,1-3H3. The van der Waals surface area contributed by atoms with Crippen LogP contribution in [-0.2, 0) is 4.74 Å². The summed E-state index contributed by atoms with van der Waals surface area (Å²) < 4.78 is 31.5. The van der Waals surface area contributed by atoms with Crippen molar-refractivity contribution in [2.75, 3.05) is 13.1 Å². The molecule has 0 aromatic heterocycles. The van der Waals surface area contributed by atoms with Crippen LogP contribution in [0.1, 0.15) is 27.2 Å². The van der Waals surface area contributed by atoms with Gasteiger partial charge in [0.25, 0.3) is 5.92 Å². The third kappa shape index (κ3) is 2.09. The number of carbonyl (C=O) groups excluding carboxylic acids is 1. The van der Waals surface area contributed by atoms with Gasteiger partial charge in [-0.3, -0.25) is 0 Å². The maximum absolute atomic E-state index is 13.7. The molecule has 1 heterocycles. The minimum absolute atomic E-state index is 0.0511. The number of hydrogen-bond donors (Lipinski definition) is 1. The van der Waals surface area contributed by atoms with E-state index in [9.17, 15) is 13.6 Å². The quantitative estimate of drug-likeness (QED) is 0.595. The second-order valence-electron chi connectivity index (χ2n) is 5.83. The van der Waals surface area contributed by atoms with E-state index in [2.05, 4.69) is 11.7 Å². The Labute approximate surface area is 114 Å². The van der Waals surface area contributed by atoms with E-state index in [-0.39, 0.29) is 13.0 Å². The lowest BCUT2D eigenvalue weighted by Crippen LogP contribution is -2.42. The van der Waals surface area contributed by atoms with Crippen molar-refractivity contribution >= 4 is 28.5 Å². The molecule has 2 rings (SSSR count). The number of halogens is 2. The minimum Gasteiger partial charge on any atom is -0.444 e. The number of ether oxygens (including phenoxy) is 1. The average Bonchev–Trinajstić information content (AvgIpc) is 2.73. The maximum atomic E-state index is 13.7. The number of nitrogens with zero attached hydrogens (tertiary/aromatic N) is 1. The van der Waals surface area contributed by atoms with E-state index in [1.54, 1.807) is 20.8 Å². The Kier molecular flexibility index (Phi) is 3.29. The average molecular weight is 297 g/mol. The molecule has 1 aliphatic carbocycles. The zero-order valence-electron chi connectivity index (χ0n) is 10.6. The molecule has 2 aliphatic rings. The number of hydrogen-bond acceptors (Lipinski definition) is 4. The molecule has 0 aromatic carbocycles. The van der Waals surface area contributed by atoms with Gasteiger partial charge >= 0.3 is 6.09 Å². The SMILES string of the molecule is CC(C)(C)OC(=O)N1CCC2(SS)C(C1)C2(F)F. The fraction of sp³-hybridized carbons (Fsp3) is 0.909. The number of likely N-dealkylation sites (tertiary alicyclic amines) is 1. The number of amides is 1. The van der Waals surface area contributed by atoms with Gasteiger partial charge in [0.2, 0.25) is 0 Å². The Morgan fingerprint density at radius 3 is 2.56 bits per heavy atom. The molecule has 0 bridgehead atoms. The van der Waals surface area contributed by atoms with Crippen molar-refractivity contribution in [3.8, 4) is 0 Å². The third-order valence-corrected chi connectivity index (χ3v) is 5.52. The fourth-order valence-electron chi connectivity index (χ4n) is 2.38. The molecule has 1 amide bonds. The van der Waals surface area contributed by atoms with Crippen LogP contribution in [0.15, 0.2) is 0 Å². The topological polar surface area (TPSA) is 29.5 Å². The van der Waals surface area contributed by atoms with Gasteiger partial charge in [-0.2, -0.15) is 0 Å². The highest BCUT2D eigenvalue weighted by Gasteiger charge is 2.82. The van der Waals surface area contributed by atoms with Crippen molar-refractivity contribution in [3.05, 3.63) is 0 Å².